The van der Waals surface area contributed by atoms with Gasteiger partial charge in [-0.25, -0.2) is 4.39 Å². The van der Waals surface area contributed by atoms with Crippen LogP contribution in [-0.2, 0) is 11.2 Å². The van der Waals surface area contributed by atoms with E-state index in [9.17, 15) is 14.0 Å². The van der Waals surface area contributed by atoms with Gasteiger partial charge in [0.2, 0.25) is 11.6 Å². The van der Waals surface area contributed by atoms with Gasteiger partial charge in [-0.05, 0) is 31.0 Å². The van der Waals surface area contributed by atoms with Gasteiger partial charge in [0, 0.05) is 31.8 Å². The number of aromatic nitrogens is 4. The molecule has 136 valence electrons. The minimum absolute atomic E-state index is 0.00845. The van der Waals surface area contributed by atoms with Crippen LogP contribution in [0.1, 0.15) is 32.0 Å². The van der Waals surface area contributed by atoms with Crippen LogP contribution in [0.3, 0.4) is 0 Å². The Morgan fingerprint density at radius 1 is 1.27 bits per heavy atom. The lowest BCUT2D eigenvalue weighted by Crippen LogP contribution is -2.23. The van der Waals surface area contributed by atoms with Gasteiger partial charge in [0.1, 0.15) is 11.6 Å². The molecule has 0 fully saturated rings. The van der Waals surface area contributed by atoms with Crippen molar-refractivity contribution in [2.24, 2.45) is 0 Å². The number of amides is 1. The second kappa shape index (κ2) is 7.90. The van der Waals surface area contributed by atoms with Gasteiger partial charge in [-0.3, -0.25) is 18.6 Å². The van der Waals surface area contributed by atoms with Crippen LogP contribution >= 0.6 is 0 Å². The van der Waals surface area contributed by atoms with Gasteiger partial charge in [0.15, 0.2) is 0 Å². The standard InChI is InChI=1S/C18H20FN5O2/c1-2-9-20-16(25)8-4-7-15-21-22-17-18(26)23(10-11-24(15)17)14-6-3-5-13(19)12-14/h3,5-6,10-12H,2,4,7-9H2,1H3,(H,20,25). The molecular formula is C18H20FN5O2. The summed E-state index contributed by atoms with van der Waals surface area (Å²) in [5, 5.41) is 10.8. The zero-order chi connectivity index (χ0) is 18.5. The van der Waals surface area contributed by atoms with E-state index >= 15 is 0 Å². The Balaban J connectivity index is 1.78. The number of hydrogen-bond acceptors (Lipinski definition) is 4. The van der Waals surface area contributed by atoms with Crippen molar-refractivity contribution in [2.45, 2.75) is 32.6 Å². The highest BCUT2D eigenvalue weighted by atomic mass is 19.1. The Morgan fingerprint density at radius 3 is 2.88 bits per heavy atom. The fraction of sp³-hybridized carbons (Fsp3) is 0.333. The molecule has 0 aliphatic rings. The van der Waals surface area contributed by atoms with Gasteiger partial charge in [-0.15, -0.1) is 10.2 Å². The van der Waals surface area contributed by atoms with Crippen LogP contribution in [-0.4, -0.2) is 31.6 Å². The molecule has 1 aromatic carbocycles. The van der Waals surface area contributed by atoms with E-state index in [2.05, 4.69) is 15.5 Å². The van der Waals surface area contributed by atoms with Gasteiger partial charge in [0.25, 0.3) is 0 Å². The lowest BCUT2D eigenvalue weighted by Gasteiger charge is -2.06. The first-order chi connectivity index (χ1) is 12.6. The molecule has 0 aliphatic carbocycles. The third kappa shape index (κ3) is 3.79. The molecule has 0 aliphatic heterocycles. The van der Waals surface area contributed by atoms with E-state index in [0.717, 1.165) is 6.42 Å². The molecular weight excluding hydrogens is 337 g/mol. The Kier molecular flexibility index (Phi) is 5.40. The summed E-state index contributed by atoms with van der Waals surface area (Å²) in [5.74, 6) is 0.207. The van der Waals surface area contributed by atoms with E-state index in [4.69, 9.17) is 0 Å². The number of carbonyl (C=O) groups is 1. The summed E-state index contributed by atoms with van der Waals surface area (Å²) in [5.41, 5.74) is 0.217. The zero-order valence-electron chi connectivity index (χ0n) is 14.5. The highest BCUT2D eigenvalue weighted by Gasteiger charge is 2.12. The first-order valence-corrected chi connectivity index (χ1v) is 8.58. The van der Waals surface area contributed by atoms with E-state index < -0.39 is 5.82 Å². The number of rotatable bonds is 7. The first-order valence-electron chi connectivity index (χ1n) is 8.58. The second-order valence-corrected chi connectivity index (χ2v) is 5.97. The molecule has 26 heavy (non-hydrogen) atoms. The zero-order valence-corrected chi connectivity index (χ0v) is 14.5. The highest BCUT2D eigenvalue weighted by molar-refractivity contribution is 5.75. The Morgan fingerprint density at radius 2 is 2.12 bits per heavy atom. The van der Waals surface area contributed by atoms with Gasteiger partial charge < -0.3 is 5.32 Å². The smallest absolute Gasteiger partial charge is 0.300 e. The average Bonchev–Trinajstić information content (AvgIpc) is 3.04. The number of benzene rings is 1. The summed E-state index contributed by atoms with van der Waals surface area (Å²) < 4.78 is 16.3. The highest BCUT2D eigenvalue weighted by Crippen LogP contribution is 2.09. The molecule has 2 aromatic heterocycles. The molecule has 2 heterocycles. The number of halogens is 1. The van der Waals surface area contributed by atoms with Crippen LogP contribution in [0.5, 0.6) is 0 Å². The van der Waals surface area contributed by atoms with Gasteiger partial charge >= 0.3 is 5.56 Å². The summed E-state index contributed by atoms with van der Waals surface area (Å²) in [4.78, 5) is 24.2. The molecule has 0 unspecified atom stereocenters. The average molecular weight is 357 g/mol. The van der Waals surface area contributed by atoms with Crippen LogP contribution in [0.2, 0.25) is 0 Å². The molecule has 0 bridgehead atoms. The van der Waals surface area contributed by atoms with E-state index in [-0.39, 0.29) is 17.1 Å². The fourth-order valence-corrected chi connectivity index (χ4v) is 2.69. The summed E-state index contributed by atoms with van der Waals surface area (Å²) in [7, 11) is 0. The summed E-state index contributed by atoms with van der Waals surface area (Å²) >= 11 is 0. The fourth-order valence-electron chi connectivity index (χ4n) is 2.69. The van der Waals surface area contributed by atoms with Gasteiger partial charge in [-0.2, -0.15) is 0 Å². The molecule has 8 heteroatoms. The largest absolute Gasteiger partial charge is 0.356 e. The monoisotopic (exact) mass is 357 g/mol. The molecule has 3 rings (SSSR count). The lowest BCUT2D eigenvalue weighted by atomic mass is 10.2. The quantitative estimate of drug-likeness (QED) is 0.700. The summed E-state index contributed by atoms with van der Waals surface area (Å²) in [6.45, 7) is 2.67. The number of nitrogens with one attached hydrogen (secondary N) is 1. The number of aryl methyl sites for hydroxylation is 1. The van der Waals surface area contributed by atoms with Crippen LogP contribution in [0.25, 0.3) is 11.3 Å². The minimum atomic E-state index is -0.419. The molecule has 0 spiro atoms. The van der Waals surface area contributed by atoms with Crippen molar-refractivity contribution in [1.82, 2.24) is 24.5 Å². The molecule has 1 amide bonds. The number of nitrogens with zero attached hydrogens (tertiary/aromatic N) is 4. The summed E-state index contributed by atoms with van der Waals surface area (Å²) in [6, 6.07) is 5.79. The third-order valence-corrected chi connectivity index (χ3v) is 4.00. The molecule has 0 radical (unpaired) electrons. The van der Waals surface area contributed by atoms with E-state index in [1.54, 1.807) is 28.9 Å². The van der Waals surface area contributed by atoms with Crippen molar-refractivity contribution in [3.63, 3.8) is 0 Å². The van der Waals surface area contributed by atoms with Crippen LogP contribution in [0, 0.1) is 5.82 Å². The SMILES string of the molecule is CCCNC(=O)CCCc1nnc2c(=O)n(-c3cccc(F)c3)ccn12. The first kappa shape index (κ1) is 17.8. The van der Waals surface area contributed by atoms with Crippen molar-refractivity contribution in [3.8, 4) is 5.69 Å². The third-order valence-electron chi connectivity index (χ3n) is 4.00. The number of hydrogen-bond donors (Lipinski definition) is 1. The molecule has 1 N–H and O–H groups in total. The van der Waals surface area contributed by atoms with Crippen molar-refractivity contribution >= 4 is 11.6 Å². The molecule has 0 saturated carbocycles. The van der Waals surface area contributed by atoms with E-state index in [1.807, 2.05) is 6.92 Å². The predicted molar refractivity (Wildman–Crippen MR) is 94.8 cm³/mol. The maximum atomic E-state index is 13.4. The van der Waals surface area contributed by atoms with Crippen LogP contribution in [0.15, 0.2) is 41.5 Å². The Bertz CT molecular complexity index is 979. The maximum Gasteiger partial charge on any atom is 0.300 e. The van der Waals surface area contributed by atoms with Crippen molar-refractivity contribution in [3.05, 3.63) is 58.7 Å². The lowest BCUT2D eigenvalue weighted by molar-refractivity contribution is -0.121. The number of fused-ring (bicyclic) bond motifs is 1. The molecule has 0 atom stereocenters. The van der Waals surface area contributed by atoms with Crippen molar-refractivity contribution in [2.75, 3.05) is 6.54 Å². The van der Waals surface area contributed by atoms with Gasteiger partial charge in [0.05, 0.1) is 5.69 Å². The van der Waals surface area contributed by atoms with E-state index in [0.29, 0.717) is 37.3 Å². The van der Waals surface area contributed by atoms with Crippen LogP contribution < -0.4 is 10.9 Å². The predicted octanol–water partition coefficient (Wildman–Crippen LogP) is 1.87. The second-order valence-electron chi connectivity index (χ2n) is 5.97. The molecule has 3 aromatic rings. The van der Waals surface area contributed by atoms with Crippen LogP contribution in [0.4, 0.5) is 4.39 Å². The van der Waals surface area contributed by atoms with Gasteiger partial charge in [-0.1, -0.05) is 13.0 Å². The molecule has 7 nitrogen and oxygen atoms in total. The normalized spacial score (nSPS) is 11.0. The topological polar surface area (TPSA) is 81.3 Å². The van der Waals surface area contributed by atoms with Crippen molar-refractivity contribution < 1.29 is 9.18 Å². The number of carbonyl (C=O) groups excluding carboxylic acids is 1. The van der Waals surface area contributed by atoms with E-state index in [1.165, 1.54) is 16.7 Å². The minimum Gasteiger partial charge on any atom is -0.356 e. The Labute approximate surface area is 149 Å². The Hall–Kier alpha value is -3.03. The summed E-state index contributed by atoms with van der Waals surface area (Å²) in [6.07, 6.45) is 5.68. The van der Waals surface area contributed by atoms with Crippen molar-refractivity contribution in [1.29, 1.82) is 0 Å². The molecule has 0 saturated heterocycles. The maximum absolute atomic E-state index is 13.4.